The van der Waals surface area contributed by atoms with Gasteiger partial charge >= 0.3 is 0 Å². The Morgan fingerprint density at radius 3 is 2.45 bits per heavy atom. The van der Waals surface area contributed by atoms with E-state index in [2.05, 4.69) is 5.32 Å². The van der Waals surface area contributed by atoms with Gasteiger partial charge in [0, 0.05) is 25.6 Å². The van der Waals surface area contributed by atoms with Gasteiger partial charge in [0.25, 0.3) is 0 Å². The molecule has 22 heavy (non-hydrogen) atoms. The van der Waals surface area contributed by atoms with Gasteiger partial charge in [0.1, 0.15) is 5.75 Å². The highest BCUT2D eigenvalue weighted by Crippen LogP contribution is 2.15. The second-order valence-electron chi connectivity index (χ2n) is 5.52. The molecule has 0 radical (unpaired) electrons. The van der Waals surface area contributed by atoms with E-state index in [1.807, 2.05) is 43.1 Å². The number of aryl methyl sites for hydroxylation is 1. The van der Waals surface area contributed by atoms with Crippen molar-refractivity contribution in [3.8, 4) is 5.75 Å². The molecule has 0 saturated carbocycles. The van der Waals surface area contributed by atoms with Gasteiger partial charge < -0.3 is 15.0 Å². The number of rotatable bonds is 6. The van der Waals surface area contributed by atoms with Crippen molar-refractivity contribution in [1.82, 2.24) is 10.2 Å². The minimum atomic E-state index is 0. The summed E-state index contributed by atoms with van der Waals surface area (Å²) in [4.78, 5) is 14.2. The molecule has 124 valence electrons. The Hall–Kier alpha value is -1.26. The molecule has 1 fully saturated rings. The van der Waals surface area contributed by atoms with E-state index in [1.165, 1.54) is 5.56 Å². The van der Waals surface area contributed by atoms with Crippen LogP contribution in [0.3, 0.4) is 0 Å². The van der Waals surface area contributed by atoms with Gasteiger partial charge in [-0.05, 0) is 50.9 Å². The average molecular weight is 327 g/mol. The number of nitrogens with zero attached hydrogens (tertiary/aromatic N) is 1. The van der Waals surface area contributed by atoms with Crippen LogP contribution in [0, 0.1) is 0 Å². The number of ether oxygens (including phenoxy) is 1. The maximum atomic E-state index is 12.2. The topological polar surface area (TPSA) is 41.6 Å². The summed E-state index contributed by atoms with van der Waals surface area (Å²) in [6.07, 6.45) is 3.52. The monoisotopic (exact) mass is 326 g/mol. The molecule has 1 saturated heterocycles. The summed E-state index contributed by atoms with van der Waals surface area (Å²) in [7, 11) is 1.99. The number of carbonyl (C=O) groups is 1. The Labute approximate surface area is 139 Å². The van der Waals surface area contributed by atoms with Crippen molar-refractivity contribution in [1.29, 1.82) is 0 Å². The molecule has 0 atom stereocenters. The largest absolute Gasteiger partial charge is 0.494 e. The SMILES string of the molecule is CCOc1ccc(CCC(=O)N2CCC(NC)CC2)cc1.Cl. The first kappa shape index (κ1) is 18.8. The van der Waals surface area contributed by atoms with Crippen molar-refractivity contribution in [3.63, 3.8) is 0 Å². The fourth-order valence-electron chi connectivity index (χ4n) is 2.75. The summed E-state index contributed by atoms with van der Waals surface area (Å²) in [5.41, 5.74) is 1.19. The molecule has 1 aromatic rings. The number of halogens is 1. The predicted molar refractivity (Wildman–Crippen MR) is 91.8 cm³/mol. The molecule has 1 heterocycles. The molecule has 1 N–H and O–H groups in total. The molecule has 0 aliphatic carbocycles. The number of piperidine rings is 1. The Morgan fingerprint density at radius 2 is 1.91 bits per heavy atom. The van der Waals surface area contributed by atoms with Crippen LogP contribution >= 0.6 is 12.4 Å². The number of hydrogen-bond donors (Lipinski definition) is 1. The molecule has 4 nitrogen and oxygen atoms in total. The highest BCUT2D eigenvalue weighted by atomic mass is 35.5. The fourth-order valence-corrected chi connectivity index (χ4v) is 2.75. The predicted octanol–water partition coefficient (Wildman–Crippen LogP) is 2.65. The lowest BCUT2D eigenvalue weighted by atomic mass is 10.0. The zero-order chi connectivity index (χ0) is 15.1. The Balaban J connectivity index is 0.00000242. The number of carbonyl (C=O) groups excluding carboxylic acids is 1. The Kier molecular flexibility index (Phi) is 8.28. The Morgan fingerprint density at radius 1 is 1.27 bits per heavy atom. The van der Waals surface area contributed by atoms with Crippen LogP contribution in [0.1, 0.15) is 31.7 Å². The minimum Gasteiger partial charge on any atom is -0.494 e. The van der Waals surface area contributed by atoms with Crippen LogP contribution in [0.2, 0.25) is 0 Å². The van der Waals surface area contributed by atoms with Gasteiger partial charge in [-0.2, -0.15) is 0 Å². The van der Waals surface area contributed by atoms with E-state index < -0.39 is 0 Å². The first-order valence-corrected chi connectivity index (χ1v) is 7.89. The summed E-state index contributed by atoms with van der Waals surface area (Å²) in [6.45, 7) is 4.42. The number of hydrogen-bond acceptors (Lipinski definition) is 3. The number of likely N-dealkylation sites (tertiary alicyclic amines) is 1. The van der Waals surface area contributed by atoms with Crippen LogP contribution in [-0.4, -0.2) is 43.6 Å². The molecule has 1 aliphatic rings. The maximum absolute atomic E-state index is 12.2. The Bertz CT molecular complexity index is 442. The molecular weight excluding hydrogens is 300 g/mol. The molecule has 0 spiro atoms. The number of nitrogens with one attached hydrogen (secondary N) is 1. The van der Waals surface area contributed by atoms with E-state index in [1.54, 1.807) is 0 Å². The second kappa shape index (κ2) is 9.70. The summed E-state index contributed by atoms with van der Waals surface area (Å²) in [6, 6.07) is 8.61. The summed E-state index contributed by atoms with van der Waals surface area (Å²) in [5.74, 6) is 1.17. The van der Waals surface area contributed by atoms with Crippen LogP contribution in [-0.2, 0) is 11.2 Å². The van der Waals surface area contributed by atoms with Gasteiger partial charge in [-0.15, -0.1) is 12.4 Å². The van der Waals surface area contributed by atoms with E-state index in [0.717, 1.165) is 38.1 Å². The highest BCUT2D eigenvalue weighted by Gasteiger charge is 2.21. The molecule has 1 amide bonds. The first-order valence-electron chi connectivity index (χ1n) is 7.89. The van der Waals surface area contributed by atoms with Crippen molar-refractivity contribution in [3.05, 3.63) is 29.8 Å². The molecule has 0 aromatic heterocycles. The lowest BCUT2D eigenvalue weighted by Gasteiger charge is -2.31. The second-order valence-corrected chi connectivity index (χ2v) is 5.52. The van der Waals surface area contributed by atoms with Crippen molar-refractivity contribution in [2.24, 2.45) is 0 Å². The van der Waals surface area contributed by atoms with Crippen LogP contribution < -0.4 is 10.1 Å². The third-order valence-electron chi connectivity index (χ3n) is 4.12. The molecule has 0 unspecified atom stereocenters. The van der Waals surface area contributed by atoms with E-state index >= 15 is 0 Å². The van der Waals surface area contributed by atoms with E-state index in [0.29, 0.717) is 19.1 Å². The minimum absolute atomic E-state index is 0. The van der Waals surface area contributed by atoms with Gasteiger partial charge in [-0.1, -0.05) is 12.1 Å². The summed E-state index contributed by atoms with van der Waals surface area (Å²) < 4.78 is 5.42. The van der Waals surface area contributed by atoms with Crippen LogP contribution in [0.15, 0.2) is 24.3 Å². The zero-order valence-electron chi connectivity index (χ0n) is 13.5. The molecule has 0 bridgehead atoms. The lowest BCUT2D eigenvalue weighted by molar-refractivity contribution is -0.132. The van der Waals surface area contributed by atoms with E-state index in [-0.39, 0.29) is 18.3 Å². The molecule has 2 rings (SSSR count). The van der Waals surface area contributed by atoms with Crippen LogP contribution in [0.5, 0.6) is 5.75 Å². The van der Waals surface area contributed by atoms with E-state index in [9.17, 15) is 4.79 Å². The average Bonchev–Trinajstić information content (AvgIpc) is 2.54. The van der Waals surface area contributed by atoms with E-state index in [4.69, 9.17) is 4.74 Å². The highest BCUT2D eigenvalue weighted by molar-refractivity contribution is 5.85. The summed E-state index contributed by atoms with van der Waals surface area (Å²) >= 11 is 0. The number of benzene rings is 1. The molecule has 5 heteroatoms. The van der Waals surface area contributed by atoms with Gasteiger partial charge in [0.15, 0.2) is 0 Å². The maximum Gasteiger partial charge on any atom is 0.222 e. The van der Waals surface area contributed by atoms with Crippen molar-refractivity contribution in [2.45, 2.75) is 38.6 Å². The van der Waals surface area contributed by atoms with Gasteiger partial charge in [-0.3, -0.25) is 4.79 Å². The summed E-state index contributed by atoms with van der Waals surface area (Å²) in [5, 5.41) is 3.29. The standard InChI is InChI=1S/C17H26N2O2.ClH/c1-3-21-16-7-4-14(5-8-16)6-9-17(20)19-12-10-15(18-2)11-13-19;/h4-5,7-8,15,18H,3,6,9-13H2,1-2H3;1H. The third-order valence-corrected chi connectivity index (χ3v) is 4.12. The quantitative estimate of drug-likeness (QED) is 0.874. The molecular formula is C17H27ClN2O2. The lowest BCUT2D eigenvalue weighted by Crippen LogP contribution is -2.44. The van der Waals surface area contributed by atoms with Gasteiger partial charge in [0.2, 0.25) is 5.91 Å². The van der Waals surface area contributed by atoms with Crippen molar-refractivity contribution >= 4 is 18.3 Å². The normalized spacial score (nSPS) is 15.3. The zero-order valence-corrected chi connectivity index (χ0v) is 14.3. The molecule has 1 aromatic carbocycles. The molecule has 1 aliphatic heterocycles. The van der Waals surface area contributed by atoms with Crippen molar-refractivity contribution in [2.75, 3.05) is 26.7 Å². The first-order chi connectivity index (χ1) is 10.2. The van der Waals surface area contributed by atoms with Crippen LogP contribution in [0.25, 0.3) is 0 Å². The van der Waals surface area contributed by atoms with Crippen molar-refractivity contribution < 1.29 is 9.53 Å². The van der Waals surface area contributed by atoms with Gasteiger partial charge in [0.05, 0.1) is 6.61 Å². The van der Waals surface area contributed by atoms with Crippen LogP contribution in [0.4, 0.5) is 0 Å². The van der Waals surface area contributed by atoms with Gasteiger partial charge in [-0.25, -0.2) is 0 Å². The smallest absolute Gasteiger partial charge is 0.222 e. The fraction of sp³-hybridized carbons (Fsp3) is 0.588. The number of amides is 1. The third kappa shape index (κ3) is 5.50.